The minimum absolute atomic E-state index is 0.131. The summed E-state index contributed by atoms with van der Waals surface area (Å²) < 4.78 is 0. The number of hydrogen-bond acceptors (Lipinski definition) is 4. The topological polar surface area (TPSA) is 66.1 Å². The molecule has 1 aliphatic rings. The van der Waals surface area contributed by atoms with Crippen molar-refractivity contribution in [2.24, 2.45) is 11.8 Å². The lowest BCUT2D eigenvalue weighted by atomic mass is 9.92. The van der Waals surface area contributed by atoms with Gasteiger partial charge in [0.1, 0.15) is 0 Å². The lowest BCUT2D eigenvalue weighted by Crippen LogP contribution is -2.43. The predicted molar refractivity (Wildman–Crippen MR) is 89.1 cm³/mol. The van der Waals surface area contributed by atoms with Crippen molar-refractivity contribution in [3.8, 4) is 0 Å². The first-order chi connectivity index (χ1) is 10.5. The normalized spacial score (nSPS) is 21.9. The van der Waals surface area contributed by atoms with Gasteiger partial charge in [-0.25, -0.2) is 4.98 Å². The number of H-pyrrole nitrogens is 1. The number of likely N-dealkylation sites (tertiary alicyclic amines) is 1. The first-order valence-corrected chi connectivity index (χ1v) is 8.97. The molecule has 5 nitrogen and oxygen atoms in total. The van der Waals surface area contributed by atoms with Gasteiger partial charge in [-0.3, -0.25) is 9.59 Å². The molecule has 1 amide bonds. The number of aryl methyl sites for hydroxylation is 1. The van der Waals surface area contributed by atoms with Gasteiger partial charge in [-0.05, 0) is 24.7 Å². The Hall–Kier alpha value is -1.30. The lowest BCUT2D eigenvalue weighted by molar-refractivity contribution is -0.130. The van der Waals surface area contributed by atoms with E-state index in [1.807, 2.05) is 4.90 Å². The number of nitrogens with one attached hydrogen (secondary N) is 1. The van der Waals surface area contributed by atoms with E-state index in [1.165, 1.54) is 24.2 Å². The summed E-state index contributed by atoms with van der Waals surface area (Å²) in [6, 6.07) is 1.53. The van der Waals surface area contributed by atoms with Crippen LogP contribution in [0.25, 0.3) is 0 Å². The first kappa shape index (κ1) is 17.1. The summed E-state index contributed by atoms with van der Waals surface area (Å²) in [5, 5.41) is 0.544. The summed E-state index contributed by atoms with van der Waals surface area (Å²) in [5.74, 6) is 1.58. The van der Waals surface area contributed by atoms with Gasteiger partial charge in [-0.2, -0.15) is 0 Å². The van der Waals surface area contributed by atoms with Gasteiger partial charge in [0.05, 0.1) is 5.75 Å². The van der Waals surface area contributed by atoms with Crippen LogP contribution < -0.4 is 5.56 Å². The quantitative estimate of drug-likeness (QED) is 0.667. The maximum absolute atomic E-state index is 12.3. The van der Waals surface area contributed by atoms with E-state index < -0.39 is 0 Å². The van der Waals surface area contributed by atoms with Crippen molar-refractivity contribution in [3.63, 3.8) is 0 Å². The monoisotopic (exact) mass is 323 g/mol. The van der Waals surface area contributed by atoms with Gasteiger partial charge >= 0.3 is 0 Å². The number of rotatable bonds is 5. The Morgan fingerprint density at radius 1 is 1.41 bits per heavy atom. The average molecular weight is 323 g/mol. The van der Waals surface area contributed by atoms with Crippen LogP contribution in [0.1, 0.15) is 39.3 Å². The van der Waals surface area contributed by atoms with Crippen molar-refractivity contribution in [1.29, 1.82) is 0 Å². The van der Waals surface area contributed by atoms with Gasteiger partial charge in [0.25, 0.3) is 5.56 Å². The standard InChI is InChI=1S/C16H25N3O2S/c1-4-5-13-7-14(20)18-16(17-13)22-10-15(21)19-8-11(2)6-12(3)9-19/h7,11-12H,4-6,8-10H2,1-3H3,(H,17,18,20)/t11-,12+. The van der Waals surface area contributed by atoms with Crippen molar-refractivity contribution in [2.75, 3.05) is 18.8 Å². The number of carbonyl (C=O) groups is 1. The number of piperidine rings is 1. The summed E-state index contributed by atoms with van der Waals surface area (Å²) in [4.78, 5) is 33.0. The number of carbonyl (C=O) groups excluding carboxylic acids is 1. The number of hydrogen-bond donors (Lipinski definition) is 1. The second-order valence-electron chi connectivity index (χ2n) is 6.33. The molecule has 0 spiro atoms. The van der Waals surface area contributed by atoms with E-state index in [1.54, 1.807) is 0 Å². The molecule has 1 fully saturated rings. The van der Waals surface area contributed by atoms with Crippen LogP contribution in [0.3, 0.4) is 0 Å². The molecular formula is C16H25N3O2S. The van der Waals surface area contributed by atoms with Gasteiger partial charge in [0, 0.05) is 24.8 Å². The highest BCUT2D eigenvalue weighted by molar-refractivity contribution is 7.99. The Morgan fingerprint density at radius 3 is 2.73 bits per heavy atom. The van der Waals surface area contributed by atoms with Crippen LogP contribution in [0.5, 0.6) is 0 Å². The van der Waals surface area contributed by atoms with E-state index in [9.17, 15) is 9.59 Å². The largest absolute Gasteiger partial charge is 0.341 e. The maximum Gasteiger partial charge on any atom is 0.251 e. The zero-order chi connectivity index (χ0) is 16.1. The highest BCUT2D eigenvalue weighted by Gasteiger charge is 2.25. The minimum atomic E-state index is -0.145. The fraction of sp³-hybridized carbons (Fsp3) is 0.688. The van der Waals surface area contributed by atoms with Crippen molar-refractivity contribution >= 4 is 17.7 Å². The van der Waals surface area contributed by atoms with Crippen molar-refractivity contribution in [3.05, 3.63) is 22.1 Å². The van der Waals surface area contributed by atoms with Crippen LogP contribution in [-0.2, 0) is 11.2 Å². The van der Waals surface area contributed by atoms with Gasteiger partial charge < -0.3 is 9.88 Å². The number of aromatic amines is 1. The molecule has 22 heavy (non-hydrogen) atoms. The molecule has 0 aliphatic carbocycles. The van der Waals surface area contributed by atoms with Gasteiger partial charge in [0.15, 0.2) is 5.16 Å². The molecule has 2 heterocycles. The molecule has 1 aliphatic heterocycles. The smallest absolute Gasteiger partial charge is 0.251 e. The second-order valence-corrected chi connectivity index (χ2v) is 7.29. The fourth-order valence-corrected chi connectivity index (χ4v) is 3.82. The molecule has 1 saturated heterocycles. The third-order valence-corrected chi connectivity index (χ3v) is 4.69. The van der Waals surface area contributed by atoms with Crippen LogP contribution >= 0.6 is 11.8 Å². The fourth-order valence-electron chi connectivity index (χ4n) is 3.02. The summed E-state index contributed by atoms with van der Waals surface area (Å²) in [6.45, 7) is 8.11. The number of nitrogens with zero attached hydrogens (tertiary/aromatic N) is 2. The Labute approximate surface area is 135 Å². The summed E-state index contributed by atoms with van der Waals surface area (Å²) in [7, 11) is 0. The van der Waals surface area contributed by atoms with Crippen molar-refractivity contribution in [2.45, 2.75) is 45.2 Å². The zero-order valence-corrected chi connectivity index (χ0v) is 14.4. The van der Waals surface area contributed by atoms with Crippen LogP contribution in [0.2, 0.25) is 0 Å². The predicted octanol–water partition coefficient (Wildman–Crippen LogP) is 2.32. The highest BCUT2D eigenvalue weighted by atomic mass is 32.2. The Balaban J connectivity index is 1.94. The minimum Gasteiger partial charge on any atom is -0.341 e. The molecule has 0 aromatic carbocycles. The molecule has 1 N–H and O–H groups in total. The molecule has 6 heteroatoms. The maximum atomic E-state index is 12.3. The van der Waals surface area contributed by atoms with E-state index in [2.05, 4.69) is 30.7 Å². The Bertz CT molecular complexity index is 563. The lowest BCUT2D eigenvalue weighted by Gasteiger charge is -2.34. The van der Waals surface area contributed by atoms with E-state index in [4.69, 9.17) is 0 Å². The van der Waals surface area contributed by atoms with Crippen LogP contribution in [-0.4, -0.2) is 39.6 Å². The summed E-state index contributed by atoms with van der Waals surface area (Å²) >= 11 is 1.32. The summed E-state index contributed by atoms with van der Waals surface area (Å²) in [6.07, 6.45) is 2.92. The molecule has 0 unspecified atom stereocenters. The molecule has 1 aromatic rings. The third-order valence-electron chi connectivity index (χ3n) is 3.83. The van der Waals surface area contributed by atoms with Gasteiger partial charge in [-0.1, -0.05) is 39.0 Å². The summed E-state index contributed by atoms with van der Waals surface area (Å²) in [5.41, 5.74) is 0.648. The Kier molecular flexibility index (Phi) is 6.06. The molecule has 2 rings (SSSR count). The highest BCUT2D eigenvalue weighted by Crippen LogP contribution is 2.22. The Morgan fingerprint density at radius 2 is 2.09 bits per heavy atom. The van der Waals surface area contributed by atoms with Crippen molar-refractivity contribution < 1.29 is 4.79 Å². The average Bonchev–Trinajstić information content (AvgIpc) is 2.43. The molecule has 0 saturated carbocycles. The third kappa shape index (κ3) is 4.87. The van der Waals surface area contributed by atoms with Gasteiger partial charge in [-0.15, -0.1) is 0 Å². The number of amides is 1. The molecule has 0 radical (unpaired) electrons. The van der Waals surface area contributed by atoms with Crippen LogP contribution in [0, 0.1) is 11.8 Å². The second kappa shape index (κ2) is 7.81. The SMILES string of the molecule is CCCc1cc(=O)[nH]c(SCC(=O)N2C[C@H](C)C[C@H](C)C2)n1. The molecule has 122 valence electrons. The molecule has 0 bridgehead atoms. The van der Waals surface area contributed by atoms with E-state index in [0.717, 1.165) is 31.6 Å². The van der Waals surface area contributed by atoms with Crippen molar-refractivity contribution in [1.82, 2.24) is 14.9 Å². The molecule has 2 atom stereocenters. The molecular weight excluding hydrogens is 298 g/mol. The van der Waals surface area contributed by atoms with Crippen LogP contribution in [0.15, 0.2) is 16.0 Å². The van der Waals surface area contributed by atoms with E-state index in [0.29, 0.717) is 22.7 Å². The van der Waals surface area contributed by atoms with E-state index in [-0.39, 0.29) is 11.5 Å². The zero-order valence-electron chi connectivity index (χ0n) is 13.6. The van der Waals surface area contributed by atoms with Crippen LogP contribution in [0.4, 0.5) is 0 Å². The number of aromatic nitrogens is 2. The van der Waals surface area contributed by atoms with E-state index >= 15 is 0 Å². The number of thioether (sulfide) groups is 1. The first-order valence-electron chi connectivity index (χ1n) is 7.98. The van der Waals surface area contributed by atoms with Gasteiger partial charge in [0.2, 0.25) is 5.91 Å². The molecule has 1 aromatic heterocycles.